The number of aryl methyl sites for hydroxylation is 1. The molecule has 0 aliphatic rings. The van der Waals surface area contributed by atoms with E-state index in [9.17, 15) is 0 Å². The molecule has 0 spiro atoms. The fourth-order valence-electron chi connectivity index (χ4n) is 1.59. The third-order valence-corrected chi connectivity index (χ3v) is 2.40. The first kappa shape index (κ1) is 10.8. The van der Waals surface area contributed by atoms with Gasteiger partial charge in [-0.05, 0) is 31.9 Å². The highest BCUT2D eigenvalue weighted by atomic mass is 14.9. The van der Waals surface area contributed by atoms with E-state index in [0.29, 0.717) is 6.04 Å². The summed E-state index contributed by atoms with van der Waals surface area (Å²) in [7, 11) is 0. The lowest BCUT2D eigenvalue weighted by atomic mass is 10.0. The van der Waals surface area contributed by atoms with Crippen molar-refractivity contribution in [2.75, 3.05) is 0 Å². The van der Waals surface area contributed by atoms with Crippen LogP contribution >= 0.6 is 0 Å². The van der Waals surface area contributed by atoms with Gasteiger partial charge >= 0.3 is 0 Å². The highest BCUT2D eigenvalue weighted by Gasteiger charge is 2.08. The van der Waals surface area contributed by atoms with E-state index in [-0.39, 0.29) is 6.04 Å². The van der Waals surface area contributed by atoms with E-state index in [1.165, 1.54) is 11.1 Å². The second-order valence-corrected chi connectivity index (χ2v) is 3.63. The van der Waals surface area contributed by atoms with Crippen LogP contribution < -0.4 is 5.32 Å². The van der Waals surface area contributed by atoms with E-state index in [0.717, 1.165) is 0 Å². The summed E-state index contributed by atoms with van der Waals surface area (Å²) < 4.78 is 0. The summed E-state index contributed by atoms with van der Waals surface area (Å²) in [6, 6.07) is 8.79. The largest absolute Gasteiger partial charge is 0.297 e. The highest BCUT2D eigenvalue weighted by Crippen LogP contribution is 2.16. The number of rotatable bonds is 3. The summed E-state index contributed by atoms with van der Waals surface area (Å²) in [5, 5.41) is 3.35. The monoisotopic (exact) mass is 187 g/mol. The van der Waals surface area contributed by atoms with Crippen LogP contribution in [0.3, 0.4) is 0 Å². The van der Waals surface area contributed by atoms with E-state index in [4.69, 9.17) is 6.42 Å². The maximum atomic E-state index is 5.32. The molecule has 0 radical (unpaired) electrons. The molecule has 1 unspecified atom stereocenters. The third kappa shape index (κ3) is 2.61. The lowest BCUT2D eigenvalue weighted by Crippen LogP contribution is -2.27. The van der Waals surface area contributed by atoms with Gasteiger partial charge in [0, 0.05) is 6.04 Å². The van der Waals surface area contributed by atoms with Crippen LogP contribution in [0.5, 0.6) is 0 Å². The normalized spacial score (nSPS) is 14.4. The molecule has 2 atom stereocenters. The lowest BCUT2D eigenvalue weighted by molar-refractivity contribution is 0.544. The Labute approximate surface area is 86.5 Å². The molecule has 0 aromatic heterocycles. The van der Waals surface area contributed by atoms with Crippen LogP contribution in [0, 0.1) is 19.3 Å². The summed E-state index contributed by atoms with van der Waals surface area (Å²) in [5.74, 6) is 2.67. The molecule has 1 nitrogen and oxygen atoms in total. The van der Waals surface area contributed by atoms with Crippen LogP contribution in [0.2, 0.25) is 0 Å². The zero-order chi connectivity index (χ0) is 10.6. The molecular formula is C13H17N. The maximum absolute atomic E-state index is 5.32. The van der Waals surface area contributed by atoms with Crippen molar-refractivity contribution in [3.63, 3.8) is 0 Å². The van der Waals surface area contributed by atoms with Gasteiger partial charge in [0.1, 0.15) is 0 Å². The molecule has 1 heteroatoms. The van der Waals surface area contributed by atoms with Crippen LogP contribution in [0.15, 0.2) is 24.3 Å². The van der Waals surface area contributed by atoms with Crippen molar-refractivity contribution in [3.05, 3.63) is 35.4 Å². The van der Waals surface area contributed by atoms with Crippen molar-refractivity contribution in [3.8, 4) is 12.3 Å². The summed E-state index contributed by atoms with van der Waals surface area (Å²) >= 11 is 0. The minimum Gasteiger partial charge on any atom is -0.297 e. The Balaban J connectivity index is 2.75. The summed E-state index contributed by atoms with van der Waals surface area (Å²) in [4.78, 5) is 0. The molecule has 0 fully saturated rings. The van der Waals surface area contributed by atoms with E-state index in [1.807, 2.05) is 6.92 Å². The van der Waals surface area contributed by atoms with Crippen molar-refractivity contribution >= 4 is 0 Å². The summed E-state index contributed by atoms with van der Waals surface area (Å²) in [6.45, 7) is 6.25. The molecule has 0 amide bonds. The van der Waals surface area contributed by atoms with Crippen LogP contribution in [-0.4, -0.2) is 6.04 Å². The van der Waals surface area contributed by atoms with Gasteiger partial charge in [0.2, 0.25) is 0 Å². The van der Waals surface area contributed by atoms with Gasteiger partial charge in [-0.1, -0.05) is 30.2 Å². The maximum Gasteiger partial charge on any atom is 0.0662 e. The average Bonchev–Trinajstić information content (AvgIpc) is 2.18. The molecule has 0 bridgehead atoms. The molecule has 1 aromatic rings. The minimum atomic E-state index is 0.115. The second kappa shape index (κ2) is 4.83. The molecule has 0 saturated heterocycles. The van der Waals surface area contributed by atoms with E-state index >= 15 is 0 Å². The van der Waals surface area contributed by atoms with E-state index < -0.39 is 0 Å². The topological polar surface area (TPSA) is 12.0 Å². The van der Waals surface area contributed by atoms with Crippen LogP contribution in [0.25, 0.3) is 0 Å². The number of hydrogen-bond donors (Lipinski definition) is 1. The molecule has 1 N–H and O–H groups in total. The van der Waals surface area contributed by atoms with E-state index in [2.05, 4.69) is 49.4 Å². The van der Waals surface area contributed by atoms with Gasteiger partial charge in [-0.25, -0.2) is 0 Å². The van der Waals surface area contributed by atoms with Crippen LogP contribution in [0.4, 0.5) is 0 Å². The van der Waals surface area contributed by atoms with E-state index in [1.54, 1.807) is 0 Å². The van der Waals surface area contributed by atoms with Gasteiger partial charge in [-0.15, -0.1) is 6.42 Å². The molecule has 0 aliphatic carbocycles. The molecule has 74 valence electrons. The predicted octanol–water partition coefficient (Wildman–Crippen LogP) is 2.67. The molecule has 0 aliphatic heterocycles. The fourth-order valence-corrected chi connectivity index (χ4v) is 1.59. The van der Waals surface area contributed by atoms with Gasteiger partial charge in [0.15, 0.2) is 0 Å². The Bertz CT molecular complexity index is 335. The van der Waals surface area contributed by atoms with Crippen molar-refractivity contribution in [1.29, 1.82) is 0 Å². The average molecular weight is 187 g/mol. The van der Waals surface area contributed by atoms with Crippen molar-refractivity contribution < 1.29 is 0 Å². The molecular weight excluding hydrogens is 170 g/mol. The fraction of sp³-hybridized carbons (Fsp3) is 0.385. The van der Waals surface area contributed by atoms with Gasteiger partial charge in [-0.3, -0.25) is 5.32 Å². The summed E-state index contributed by atoms with van der Waals surface area (Å²) in [5.41, 5.74) is 2.62. The Morgan fingerprint density at radius 2 is 1.93 bits per heavy atom. The number of nitrogens with one attached hydrogen (secondary N) is 1. The van der Waals surface area contributed by atoms with Gasteiger partial charge in [0.05, 0.1) is 6.04 Å². The molecule has 0 heterocycles. The van der Waals surface area contributed by atoms with Crippen molar-refractivity contribution in [2.24, 2.45) is 0 Å². The number of benzene rings is 1. The second-order valence-electron chi connectivity index (χ2n) is 3.63. The Hall–Kier alpha value is -1.26. The molecule has 1 rings (SSSR count). The molecule has 14 heavy (non-hydrogen) atoms. The van der Waals surface area contributed by atoms with Crippen molar-refractivity contribution in [1.82, 2.24) is 5.32 Å². The first-order valence-electron chi connectivity index (χ1n) is 4.93. The summed E-state index contributed by atoms with van der Waals surface area (Å²) in [6.07, 6.45) is 5.32. The Morgan fingerprint density at radius 3 is 2.50 bits per heavy atom. The first-order valence-corrected chi connectivity index (χ1v) is 4.93. The van der Waals surface area contributed by atoms with Crippen LogP contribution in [0.1, 0.15) is 31.0 Å². The standard InChI is InChI=1S/C13H17N/c1-5-11(3)14-12(4)13-9-7-6-8-10(13)2/h1,6-9,11-12,14H,2-4H3/t11?,12-/m1/s1. The van der Waals surface area contributed by atoms with Gasteiger partial charge in [0.25, 0.3) is 0 Å². The molecule has 0 saturated carbocycles. The smallest absolute Gasteiger partial charge is 0.0662 e. The Morgan fingerprint density at radius 1 is 1.29 bits per heavy atom. The number of hydrogen-bond acceptors (Lipinski definition) is 1. The van der Waals surface area contributed by atoms with Crippen LogP contribution in [-0.2, 0) is 0 Å². The molecule has 1 aromatic carbocycles. The number of terminal acetylenes is 1. The third-order valence-electron chi connectivity index (χ3n) is 2.40. The quantitative estimate of drug-likeness (QED) is 0.717. The first-order chi connectivity index (χ1) is 6.65. The Kier molecular flexibility index (Phi) is 3.73. The predicted molar refractivity (Wildman–Crippen MR) is 61.0 cm³/mol. The minimum absolute atomic E-state index is 0.115. The zero-order valence-corrected chi connectivity index (χ0v) is 9.04. The van der Waals surface area contributed by atoms with Crippen molar-refractivity contribution in [2.45, 2.75) is 32.9 Å². The highest BCUT2D eigenvalue weighted by molar-refractivity contribution is 5.28. The zero-order valence-electron chi connectivity index (χ0n) is 9.04. The SMILES string of the molecule is C#CC(C)N[C@H](C)c1ccccc1C. The lowest BCUT2D eigenvalue weighted by Gasteiger charge is -2.18. The van der Waals surface area contributed by atoms with Gasteiger partial charge in [-0.2, -0.15) is 0 Å². The van der Waals surface area contributed by atoms with Gasteiger partial charge < -0.3 is 0 Å².